The summed E-state index contributed by atoms with van der Waals surface area (Å²) in [6.07, 6.45) is 0. The van der Waals surface area contributed by atoms with Gasteiger partial charge in [0.1, 0.15) is 5.75 Å². The van der Waals surface area contributed by atoms with Gasteiger partial charge in [0.05, 0.1) is 7.11 Å². The number of rotatable bonds is 3. The van der Waals surface area contributed by atoms with Crippen molar-refractivity contribution in [1.29, 1.82) is 0 Å². The molecule has 0 radical (unpaired) electrons. The van der Waals surface area contributed by atoms with E-state index in [1.54, 1.807) is 7.11 Å². The summed E-state index contributed by atoms with van der Waals surface area (Å²) in [5.74, 6) is 0.102. The van der Waals surface area contributed by atoms with Crippen LogP contribution >= 0.6 is 0 Å². The van der Waals surface area contributed by atoms with E-state index in [0.29, 0.717) is 5.76 Å². The van der Waals surface area contributed by atoms with Crippen LogP contribution in [0.2, 0.25) is 0 Å². The highest BCUT2D eigenvalue weighted by Gasteiger charge is 2.16. The first-order chi connectivity index (χ1) is 8.52. The Morgan fingerprint density at radius 3 is 2.33 bits per heavy atom. The van der Waals surface area contributed by atoms with Gasteiger partial charge in [0.15, 0.2) is 11.5 Å². The van der Waals surface area contributed by atoms with Crippen LogP contribution in [-0.2, 0) is 0 Å². The first-order valence-corrected chi connectivity index (χ1v) is 5.38. The maximum absolute atomic E-state index is 10.8. The van der Waals surface area contributed by atoms with Gasteiger partial charge < -0.3 is 14.4 Å². The number of aromatic carboxylic acids is 1. The zero-order valence-corrected chi connectivity index (χ0v) is 10.4. The van der Waals surface area contributed by atoms with Crippen molar-refractivity contribution in [3.8, 4) is 17.1 Å². The monoisotopic (exact) mass is 247 g/mol. The van der Waals surface area contributed by atoms with Crippen LogP contribution < -0.4 is 4.74 Å². The largest absolute Gasteiger partial charge is 0.497 e. The molecular weight excluding hydrogens is 234 g/mol. The molecule has 1 N–H and O–H groups in total. The standard InChI is InChI=1S/C13H13NO4/c1-7-4-9(17-3)5-8(2)12(7)11-6-10(13(15)16)14-18-11/h4-6H,1-3H3,(H,15,16). The van der Waals surface area contributed by atoms with E-state index in [1.807, 2.05) is 26.0 Å². The molecule has 1 aromatic heterocycles. The summed E-state index contributed by atoms with van der Waals surface area (Å²) in [5, 5.41) is 12.3. The molecule has 0 saturated heterocycles. The fraction of sp³-hybridized carbons (Fsp3) is 0.231. The van der Waals surface area contributed by atoms with E-state index in [2.05, 4.69) is 5.16 Å². The quantitative estimate of drug-likeness (QED) is 0.902. The normalized spacial score (nSPS) is 10.4. The summed E-state index contributed by atoms with van der Waals surface area (Å²) in [6.45, 7) is 3.82. The van der Waals surface area contributed by atoms with Crippen LogP contribution in [0, 0.1) is 13.8 Å². The van der Waals surface area contributed by atoms with Crippen LogP contribution in [0.4, 0.5) is 0 Å². The van der Waals surface area contributed by atoms with Crippen molar-refractivity contribution in [1.82, 2.24) is 5.16 Å². The second kappa shape index (κ2) is 4.52. The number of nitrogens with zero attached hydrogens (tertiary/aromatic N) is 1. The minimum absolute atomic E-state index is 0.0976. The molecule has 2 aromatic rings. The number of aromatic nitrogens is 1. The van der Waals surface area contributed by atoms with E-state index in [0.717, 1.165) is 22.4 Å². The molecule has 5 nitrogen and oxygen atoms in total. The smallest absolute Gasteiger partial charge is 0.358 e. The summed E-state index contributed by atoms with van der Waals surface area (Å²) in [6, 6.07) is 5.15. The fourth-order valence-corrected chi connectivity index (χ4v) is 1.92. The van der Waals surface area contributed by atoms with Crippen molar-refractivity contribution < 1.29 is 19.2 Å². The summed E-state index contributed by atoms with van der Waals surface area (Å²) >= 11 is 0. The van der Waals surface area contributed by atoms with Crippen LogP contribution in [0.15, 0.2) is 22.7 Å². The van der Waals surface area contributed by atoms with E-state index >= 15 is 0 Å². The maximum atomic E-state index is 10.8. The lowest BCUT2D eigenvalue weighted by molar-refractivity contribution is 0.0686. The van der Waals surface area contributed by atoms with Gasteiger partial charge in [-0.15, -0.1) is 0 Å². The number of ether oxygens (including phenoxy) is 1. The van der Waals surface area contributed by atoms with Crippen LogP contribution in [-0.4, -0.2) is 23.3 Å². The minimum Gasteiger partial charge on any atom is -0.497 e. The molecule has 0 fully saturated rings. The van der Waals surface area contributed by atoms with Gasteiger partial charge in [0.2, 0.25) is 0 Å². The summed E-state index contributed by atoms with van der Waals surface area (Å²) < 4.78 is 10.2. The third-order valence-corrected chi connectivity index (χ3v) is 2.72. The molecule has 1 aromatic carbocycles. The topological polar surface area (TPSA) is 72.6 Å². The molecule has 0 atom stereocenters. The SMILES string of the molecule is COc1cc(C)c(-c2cc(C(=O)O)no2)c(C)c1. The van der Waals surface area contributed by atoms with Gasteiger partial charge in [-0.2, -0.15) is 0 Å². The van der Waals surface area contributed by atoms with E-state index < -0.39 is 5.97 Å². The van der Waals surface area contributed by atoms with Gasteiger partial charge in [-0.1, -0.05) is 5.16 Å². The predicted molar refractivity (Wildman–Crippen MR) is 64.9 cm³/mol. The maximum Gasteiger partial charge on any atom is 0.358 e. The van der Waals surface area contributed by atoms with E-state index in [-0.39, 0.29) is 5.69 Å². The Balaban J connectivity index is 2.53. The molecular formula is C13H13NO4. The van der Waals surface area contributed by atoms with Crippen LogP contribution in [0.3, 0.4) is 0 Å². The van der Waals surface area contributed by atoms with Crippen molar-refractivity contribution in [2.75, 3.05) is 7.11 Å². The van der Waals surface area contributed by atoms with Crippen molar-refractivity contribution in [2.24, 2.45) is 0 Å². The summed E-state index contributed by atoms with van der Waals surface area (Å²) in [4.78, 5) is 10.8. The summed E-state index contributed by atoms with van der Waals surface area (Å²) in [7, 11) is 1.60. The molecule has 94 valence electrons. The van der Waals surface area contributed by atoms with Gasteiger partial charge in [-0.3, -0.25) is 0 Å². The minimum atomic E-state index is -1.10. The molecule has 0 unspecified atom stereocenters. The molecule has 0 aliphatic carbocycles. The molecule has 0 aliphatic heterocycles. The zero-order chi connectivity index (χ0) is 13.3. The van der Waals surface area contributed by atoms with Gasteiger partial charge in [0, 0.05) is 11.6 Å². The third-order valence-electron chi connectivity index (χ3n) is 2.72. The van der Waals surface area contributed by atoms with Crippen molar-refractivity contribution in [2.45, 2.75) is 13.8 Å². The Kier molecular flexibility index (Phi) is 3.06. The Morgan fingerprint density at radius 1 is 1.28 bits per heavy atom. The molecule has 1 heterocycles. The lowest BCUT2D eigenvalue weighted by atomic mass is 10.00. The molecule has 0 amide bonds. The second-order valence-corrected chi connectivity index (χ2v) is 4.02. The van der Waals surface area contributed by atoms with Crippen molar-refractivity contribution in [3.63, 3.8) is 0 Å². The van der Waals surface area contributed by atoms with Gasteiger partial charge in [-0.05, 0) is 37.1 Å². The number of aryl methyl sites for hydroxylation is 2. The van der Waals surface area contributed by atoms with Crippen LogP contribution in [0.1, 0.15) is 21.6 Å². The highest BCUT2D eigenvalue weighted by atomic mass is 16.5. The number of hydrogen-bond donors (Lipinski definition) is 1. The molecule has 18 heavy (non-hydrogen) atoms. The van der Waals surface area contributed by atoms with Crippen molar-refractivity contribution in [3.05, 3.63) is 35.0 Å². The van der Waals surface area contributed by atoms with Gasteiger partial charge in [0.25, 0.3) is 0 Å². The van der Waals surface area contributed by atoms with Crippen LogP contribution in [0.5, 0.6) is 5.75 Å². The lowest BCUT2D eigenvalue weighted by Crippen LogP contribution is -1.94. The van der Waals surface area contributed by atoms with Crippen LogP contribution in [0.25, 0.3) is 11.3 Å². The highest BCUT2D eigenvalue weighted by molar-refractivity contribution is 5.86. The third kappa shape index (κ3) is 2.07. The Bertz CT molecular complexity index is 578. The van der Waals surface area contributed by atoms with Crippen molar-refractivity contribution >= 4 is 5.97 Å². The number of benzene rings is 1. The number of hydrogen-bond acceptors (Lipinski definition) is 4. The number of carboxylic acid groups (broad SMARTS) is 1. The highest BCUT2D eigenvalue weighted by Crippen LogP contribution is 2.31. The fourth-order valence-electron chi connectivity index (χ4n) is 1.92. The predicted octanol–water partition coefficient (Wildman–Crippen LogP) is 2.67. The molecule has 5 heteroatoms. The zero-order valence-electron chi connectivity index (χ0n) is 10.4. The molecule has 0 aliphatic rings. The molecule has 0 saturated carbocycles. The Hall–Kier alpha value is -2.30. The first kappa shape index (κ1) is 12.2. The Morgan fingerprint density at radius 2 is 1.89 bits per heavy atom. The summed E-state index contributed by atoms with van der Waals surface area (Å²) in [5.41, 5.74) is 2.63. The molecule has 0 spiro atoms. The number of carbonyl (C=O) groups is 1. The molecule has 0 bridgehead atoms. The van der Waals surface area contributed by atoms with Gasteiger partial charge >= 0.3 is 5.97 Å². The van der Waals surface area contributed by atoms with E-state index in [4.69, 9.17) is 14.4 Å². The lowest BCUT2D eigenvalue weighted by Gasteiger charge is -2.09. The van der Waals surface area contributed by atoms with E-state index in [9.17, 15) is 4.79 Å². The number of carboxylic acids is 1. The van der Waals surface area contributed by atoms with E-state index in [1.165, 1.54) is 6.07 Å². The first-order valence-electron chi connectivity index (χ1n) is 5.38. The average molecular weight is 247 g/mol. The number of methoxy groups -OCH3 is 1. The Labute approximate surface area is 104 Å². The second-order valence-electron chi connectivity index (χ2n) is 4.02. The van der Waals surface area contributed by atoms with Gasteiger partial charge in [-0.25, -0.2) is 4.79 Å². The molecule has 2 rings (SSSR count). The average Bonchev–Trinajstić information content (AvgIpc) is 2.77.